The molecule has 642 valence electrons. The number of aromatic nitrogens is 9. The minimum atomic E-state index is -4.09. The van der Waals surface area contributed by atoms with Gasteiger partial charge in [0.2, 0.25) is 0 Å². The van der Waals surface area contributed by atoms with Gasteiger partial charge in [0.05, 0.1) is 106 Å². The van der Waals surface area contributed by atoms with E-state index in [4.69, 9.17) is 40.0 Å². The van der Waals surface area contributed by atoms with Crippen molar-refractivity contribution in [1.29, 1.82) is 10.5 Å². The molecular weight excluding hydrogens is 1680 g/mol. The van der Waals surface area contributed by atoms with E-state index in [1.54, 1.807) is 138 Å². The van der Waals surface area contributed by atoms with Gasteiger partial charge >= 0.3 is 6.09 Å². The lowest BCUT2D eigenvalue weighted by molar-refractivity contribution is 0.0275. The number of rotatable bonds is 18. The molecule has 0 spiro atoms. The van der Waals surface area contributed by atoms with E-state index in [1.807, 2.05) is 106 Å². The fourth-order valence-corrected chi connectivity index (χ4v) is 20.6. The maximum atomic E-state index is 14.3. The maximum absolute atomic E-state index is 14.3. The molecule has 1 N–H and O–H groups in total. The number of carbonyl (C=O) groups is 1. The van der Waals surface area contributed by atoms with Crippen molar-refractivity contribution in [2.24, 2.45) is 0 Å². The number of hydrogen-bond donors (Lipinski definition) is 1. The van der Waals surface area contributed by atoms with E-state index in [-0.39, 0.29) is 54.6 Å². The van der Waals surface area contributed by atoms with Gasteiger partial charge in [-0.3, -0.25) is 0 Å². The molecule has 0 unspecified atom stereocenters. The lowest BCUT2D eigenvalue weighted by Gasteiger charge is -2.28. The summed E-state index contributed by atoms with van der Waals surface area (Å²) in [5.74, 6) is 0.897. The van der Waals surface area contributed by atoms with Crippen molar-refractivity contribution in [3.63, 3.8) is 0 Å². The summed E-state index contributed by atoms with van der Waals surface area (Å²) < 4.78 is 122. The second-order valence-electron chi connectivity index (χ2n) is 31.4. The molecule has 0 radical (unpaired) electrons. The maximum Gasteiger partial charge on any atom is 0.410 e. The molecule has 5 aliphatic rings. The van der Waals surface area contributed by atoms with Crippen LogP contribution in [-0.4, -0.2) is 201 Å². The van der Waals surface area contributed by atoms with E-state index < -0.39 is 41.8 Å². The number of halogens is 1. The summed E-state index contributed by atoms with van der Waals surface area (Å²) in [7, 11) is -12.0. The second-order valence-corrected chi connectivity index (χ2v) is 37.1. The minimum Gasteiger partial charge on any atom is -0.488 e. The Labute approximate surface area is 733 Å². The number of morpholine rings is 3. The highest BCUT2D eigenvalue weighted by atomic mass is 35.5. The number of anilines is 3. The van der Waals surface area contributed by atoms with Gasteiger partial charge in [-0.2, -0.15) is 10.5 Å². The van der Waals surface area contributed by atoms with Crippen LogP contribution >= 0.6 is 11.6 Å². The summed E-state index contributed by atoms with van der Waals surface area (Å²) in [5, 5.41) is 25.1. The molecule has 5 saturated heterocycles. The fourth-order valence-electron chi connectivity index (χ4n) is 16.0. The van der Waals surface area contributed by atoms with Crippen molar-refractivity contribution in [3.05, 3.63) is 254 Å². The Hall–Kier alpha value is -13.2. The van der Waals surface area contributed by atoms with E-state index >= 15 is 0 Å². The van der Waals surface area contributed by atoms with Crippen molar-refractivity contribution < 1.29 is 58.5 Å². The van der Waals surface area contributed by atoms with Crippen molar-refractivity contribution in [1.82, 2.24) is 52.0 Å². The number of carbonyl (C=O) groups excluding carboxylic acids is 1. The van der Waals surface area contributed by atoms with E-state index in [1.165, 1.54) is 30.9 Å². The SMILES string of the molecule is CC(C)(C)OC(=O)N1CC[C@@H](Oc2ccc(-c3ncnc4c3cc(-c3ccc(N5CCOCC5)cc3)n4S(=O)(=O)c3ccccc3)cc2C#N)C1.N#Cc1cc(-c2ncnc3c2cc(-c2ccc(N4CCOCC4)cc2)n3S(=O)(=O)c2ccccc2)ccc1O[C@@H]1CCNC1.O=S(=O)(c1ccccc1)n1c(-c2ccc(N3CCOCC3)cc2)cc2c(Cl)ncnc21. The summed E-state index contributed by atoms with van der Waals surface area (Å²) >= 11 is 6.27. The van der Waals surface area contributed by atoms with Crippen molar-refractivity contribution in [2.45, 2.75) is 66.1 Å². The molecule has 11 heterocycles. The first-order chi connectivity index (χ1) is 61.1. The summed E-state index contributed by atoms with van der Waals surface area (Å²) in [6.07, 6.45) is 4.74. The number of nitrogens with zero attached hydrogens (tertiary/aromatic N) is 15. The van der Waals surface area contributed by atoms with Crippen LogP contribution in [0.25, 0.3) is 89.4 Å². The number of ether oxygens (including phenoxy) is 6. The van der Waals surface area contributed by atoms with Gasteiger partial charge in [-0.1, -0.05) is 103 Å². The highest BCUT2D eigenvalue weighted by Gasteiger charge is 2.35. The van der Waals surface area contributed by atoms with E-state index in [0.29, 0.717) is 138 Å². The first-order valence-corrected chi connectivity index (χ1v) is 45.9. The van der Waals surface area contributed by atoms with Crippen molar-refractivity contribution in [2.75, 3.05) is 120 Å². The molecule has 6 aromatic heterocycles. The predicted molar refractivity (Wildman–Crippen MR) is 479 cm³/mol. The van der Waals surface area contributed by atoms with Gasteiger partial charge in [0, 0.05) is 97.7 Å². The minimum absolute atomic E-state index is 0.00752. The Morgan fingerprint density at radius 2 is 0.794 bits per heavy atom. The first-order valence-electron chi connectivity index (χ1n) is 41.2. The van der Waals surface area contributed by atoms with E-state index in [2.05, 4.69) is 62.1 Å². The van der Waals surface area contributed by atoms with Crippen LogP contribution < -0.4 is 29.5 Å². The van der Waals surface area contributed by atoms with Crippen LogP contribution in [0.5, 0.6) is 11.5 Å². The Morgan fingerprint density at radius 1 is 0.437 bits per heavy atom. The normalized spacial score (nSPS) is 16.3. The third-order valence-corrected chi connectivity index (χ3v) is 27.7. The molecule has 0 bridgehead atoms. The first kappa shape index (κ1) is 85.0. The molecule has 14 aromatic rings. The molecule has 5 aliphatic heterocycles. The van der Waals surface area contributed by atoms with Crippen LogP contribution in [0, 0.1) is 22.7 Å². The second kappa shape index (κ2) is 36.6. The molecule has 0 saturated carbocycles. The molecule has 2 atom stereocenters. The topological polar surface area (TPSA) is 340 Å². The number of fused-ring (bicyclic) bond motifs is 3. The average Bonchev–Trinajstić information content (AvgIpc) is 1.59. The summed E-state index contributed by atoms with van der Waals surface area (Å²) in [5.41, 5.74) is 9.69. The summed E-state index contributed by atoms with van der Waals surface area (Å²) in [6, 6.07) is 68.7. The van der Waals surface area contributed by atoms with E-state index in [9.17, 15) is 40.6 Å². The number of benzene rings is 8. The standard InChI is InChI=1S/C38H38N6O6S.C33H30N6O4S.C22H19ClN4O3S/c1-38(2,3)50-37(45)43-16-15-30(24-43)49-34-14-11-27(21-28(34)23-39)35-32-22-33(26-9-12-29(13-10-26)42-17-19-48-20-18-42)44(36(32)41-25-40-35)51(46,47)31-7-5-4-6-8-31;34-20-25-18-24(8-11-31(25)43-27-12-13-35-21-27)32-29-19-30(23-6-9-26(10-7-23)38-14-16-42-17-15-38)39(33(29)37-22-36-32)44(40,41)28-4-2-1-3-5-28;23-21-19-14-20(16-6-8-17(9-7-16)26-10-12-30-13-11-26)27(22(19)25-15-24-21)31(28,29)18-4-2-1-3-5-18/h4-14,21-22,25,30H,15-20,24H2,1-3H3;1-11,18-19,22,27,35H,12-17,21H2;1-9,14-15H,10-13H2/t30-;27-;/m11./s1. The smallest absolute Gasteiger partial charge is 0.410 e. The van der Waals surface area contributed by atoms with Gasteiger partial charge < -0.3 is 53.3 Å². The predicted octanol–water partition coefficient (Wildman–Crippen LogP) is 14.4. The van der Waals surface area contributed by atoms with Crippen LogP contribution in [0.15, 0.2) is 252 Å². The third-order valence-electron chi connectivity index (χ3n) is 22.2. The summed E-state index contributed by atoms with van der Waals surface area (Å²) in [6.45, 7) is 16.8. The number of nitrogens with one attached hydrogen (secondary N) is 1. The van der Waals surface area contributed by atoms with Crippen molar-refractivity contribution >= 4 is 97.9 Å². The molecule has 126 heavy (non-hydrogen) atoms. The van der Waals surface area contributed by atoms with E-state index in [0.717, 1.165) is 87.0 Å². The van der Waals surface area contributed by atoms with Gasteiger partial charge in [-0.05, 0) is 178 Å². The number of nitriles is 2. The highest BCUT2D eigenvalue weighted by Crippen LogP contribution is 2.42. The van der Waals surface area contributed by atoms with Gasteiger partial charge in [-0.25, -0.2) is 71.9 Å². The van der Waals surface area contributed by atoms with Crippen molar-refractivity contribution in [3.8, 4) is 79.9 Å². The Morgan fingerprint density at radius 3 is 1.16 bits per heavy atom. The molecule has 19 rings (SSSR count). The monoisotopic (exact) mass is 1770 g/mol. The quantitative estimate of drug-likeness (QED) is 0.0780. The van der Waals surface area contributed by atoms with Crippen LogP contribution in [0.3, 0.4) is 0 Å². The van der Waals surface area contributed by atoms with Crippen LogP contribution in [0.2, 0.25) is 5.15 Å². The Kier molecular flexibility index (Phi) is 24.7. The number of amides is 1. The summed E-state index contributed by atoms with van der Waals surface area (Å²) in [4.78, 5) is 47.7. The van der Waals surface area contributed by atoms with Crippen LogP contribution in [0.1, 0.15) is 44.7 Å². The zero-order valence-corrected chi connectivity index (χ0v) is 72.2. The third kappa shape index (κ3) is 17.8. The van der Waals surface area contributed by atoms with Gasteiger partial charge in [0.1, 0.15) is 65.6 Å². The highest BCUT2D eigenvalue weighted by molar-refractivity contribution is 7.90. The van der Waals surface area contributed by atoms with Gasteiger partial charge in [-0.15, -0.1) is 0 Å². The zero-order valence-electron chi connectivity index (χ0n) is 69.0. The molecule has 0 aliphatic carbocycles. The molecular formula is C93H87ClN16O13S3. The van der Waals surface area contributed by atoms with Gasteiger partial charge in [0.15, 0.2) is 16.9 Å². The molecule has 1 amide bonds. The average molecular weight is 1770 g/mol. The number of likely N-dealkylation sites (tertiary alicyclic amines) is 1. The lowest BCUT2D eigenvalue weighted by Crippen LogP contribution is -2.36. The Balaban J connectivity index is 0.000000137. The molecule has 8 aromatic carbocycles. The zero-order chi connectivity index (χ0) is 87.3. The lowest BCUT2D eigenvalue weighted by atomic mass is 10.0. The Bertz CT molecular complexity index is 6790. The largest absolute Gasteiger partial charge is 0.488 e. The molecule has 5 fully saturated rings. The fraction of sp³-hybridized carbons (Fsp3) is 0.258. The number of hydrogen-bond acceptors (Lipinski definition) is 25. The molecule has 33 heteroatoms. The molecule has 29 nitrogen and oxygen atoms in total. The van der Waals surface area contributed by atoms with Crippen LogP contribution in [-0.2, 0) is 49.0 Å². The van der Waals surface area contributed by atoms with Crippen LogP contribution in [0.4, 0.5) is 21.9 Å². The van der Waals surface area contributed by atoms with Gasteiger partial charge in [0.25, 0.3) is 30.1 Å².